The minimum Gasteiger partial charge on any atom is -0.450 e. The molecule has 0 aromatic heterocycles. The number of anilines is 1. The zero-order valence-corrected chi connectivity index (χ0v) is 16.9. The summed E-state index contributed by atoms with van der Waals surface area (Å²) in [5, 5.41) is 3.29. The molecule has 1 saturated heterocycles. The van der Waals surface area contributed by atoms with E-state index in [2.05, 4.69) is 5.32 Å². The number of carbonyl (C=O) groups excluding carboxylic acids is 2. The van der Waals surface area contributed by atoms with Gasteiger partial charge in [-0.3, -0.25) is 4.79 Å². The SMILES string of the molecule is CC1=C(C(=O)Nc2ccc(C)c(Cl)c2)C2(CCN(S(C)(=O)=O)CC2)OC1=O. The van der Waals surface area contributed by atoms with Gasteiger partial charge in [0.1, 0.15) is 5.60 Å². The van der Waals surface area contributed by atoms with Crippen LogP contribution in [0.4, 0.5) is 5.69 Å². The number of nitrogens with one attached hydrogen (secondary N) is 1. The summed E-state index contributed by atoms with van der Waals surface area (Å²) >= 11 is 6.11. The molecule has 0 atom stereocenters. The first-order chi connectivity index (χ1) is 12.5. The van der Waals surface area contributed by atoms with Crippen LogP contribution in [0.3, 0.4) is 0 Å². The highest BCUT2D eigenvalue weighted by atomic mass is 35.5. The third kappa shape index (κ3) is 3.74. The Balaban J connectivity index is 1.86. The number of hydrogen-bond acceptors (Lipinski definition) is 5. The van der Waals surface area contributed by atoms with E-state index in [-0.39, 0.29) is 37.1 Å². The minimum absolute atomic E-state index is 0.187. The normalized spacial score (nSPS) is 20.1. The number of piperidine rings is 1. The molecular formula is C18H21ClN2O5S. The Morgan fingerprint density at radius 3 is 2.44 bits per heavy atom. The zero-order chi connectivity index (χ0) is 20.0. The van der Waals surface area contributed by atoms with Crippen LogP contribution in [0.5, 0.6) is 0 Å². The molecule has 1 amide bonds. The summed E-state index contributed by atoms with van der Waals surface area (Å²) in [6, 6.07) is 5.16. The summed E-state index contributed by atoms with van der Waals surface area (Å²) in [5.41, 5.74) is 0.810. The Morgan fingerprint density at radius 2 is 1.89 bits per heavy atom. The maximum absolute atomic E-state index is 12.9. The Morgan fingerprint density at radius 1 is 1.26 bits per heavy atom. The van der Waals surface area contributed by atoms with Crippen LogP contribution in [0.25, 0.3) is 0 Å². The molecule has 1 aromatic rings. The standard InChI is InChI=1S/C18H21ClN2O5S/c1-11-4-5-13(10-14(11)19)20-16(22)15-12(2)17(23)26-18(15)6-8-21(9-7-18)27(3,24)25/h4-5,10H,6-9H2,1-3H3,(H,20,22). The Hall–Kier alpha value is -1.90. The number of amides is 1. The van der Waals surface area contributed by atoms with Gasteiger partial charge in [0.2, 0.25) is 10.0 Å². The van der Waals surface area contributed by atoms with E-state index < -0.39 is 27.5 Å². The molecule has 0 bridgehead atoms. The van der Waals surface area contributed by atoms with Crippen LogP contribution in [0.15, 0.2) is 29.3 Å². The fourth-order valence-corrected chi connectivity index (χ4v) is 4.55. The first kappa shape index (κ1) is 19.9. The van der Waals surface area contributed by atoms with E-state index in [9.17, 15) is 18.0 Å². The molecule has 3 rings (SSSR count). The van der Waals surface area contributed by atoms with Crippen molar-refractivity contribution < 1.29 is 22.7 Å². The monoisotopic (exact) mass is 412 g/mol. The van der Waals surface area contributed by atoms with Gasteiger partial charge in [-0.1, -0.05) is 17.7 Å². The van der Waals surface area contributed by atoms with Crippen molar-refractivity contribution in [3.05, 3.63) is 39.9 Å². The fourth-order valence-electron chi connectivity index (χ4n) is 3.52. The molecule has 146 valence electrons. The third-order valence-corrected chi connectivity index (χ3v) is 6.79. The topological polar surface area (TPSA) is 92.8 Å². The number of carbonyl (C=O) groups is 2. The number of nitrogens with zero attached hydrogens (tertiary/aromatic N) is 1. The lowest BCUT2D eigenvalue weighted by Gasteiger charge is -2.38. The molecule has 9 heteroatoms. The van der Waals surface area contributed by atoms with Crippen LogP contribution in [0, 0.1) is 6.92 Å². The molecule has 7 nitrogen and oxygen atoms in total. The predicted octanol–water partition coefficient (Wildman–Crippen LogP) is 2.25. The lowest BCUT2D eigenvalue weighted by atomic mass is 9.83. The molecule has 27 heavy (non-hydrogen) atoms. The number of hydrogen-bond donors (Lipinski definition) is 1. The highest BCUT2D eigenvalue weighted by Crippen LogP contribution is 2.42. The summed E-state index contributed by atoms with van der Waals surface area (Å²) < 4.78 is 30.4. The van der Waals surface area contributed by atoms with Gasteiger partial charge in [0.05, 0.1) is 11.8 Å². The maximum atomic E-state index is 12.9. The molecule has 2 aliphatic heterocycles. The molecule has 2 heterocycles. The Kier molecular flexibility index (Phi) is 5.09. The Labute approximate surface area is 163 Å². The summed E-state index contributed by atoms with van der Waals surface area (Å²) in [6.45, 7) is 3.78. The van der Waals surface area contributed by atoms with Crippen molar-refractivity contribution in [3.8, 4) is 0 Å². The highest BCUT2D eigenvalue weighted by molar-refractivity contribution is 7.88. The number of benzene rings is 1. The number of halogens is 1. The van der Waals surface area contributed by atoms with Gasteiger partial charge >= 0.3 is 5.97 Å². The molecule has 1 fully saturated rings. The van der Waals surface area contributed by atoms with Gasteiger partial charge in [-0.05, 0) is 31.5 Å². The summed E-state index contributed by atoms with van der Waals surface area (Å²) in [6.07, 6.45) is 1.61. The zero-order valence-electron chi connectivity index (χ0n) is 15.3. The van der Waals surface area contributed by atoms with E-state index in [1.807, 2.05) is 6.92 Å². The predicted molar refractivity (Wildman–Crippen MR) is 102 cm³/mol. The van der Waals surface area contributed by atoms with Crippen molar-refractivity contribution in [2.24, 2.45) is 0 Å². The number of aryl methyl sites for hydroxylation is 1. The van der Waals surface area contributed by atoms with Gasteiger partial charge in [-0.15, -0.1) is 0 Å². The second kappa shape index (κ2) is 6.92. The number of rotatable bonds is 3. The lowest BCUT2D eigenvalue weighted by Crippen LogP contribution is -2.49. The van der Waals surface area contributed by atoms with Gasteiger partial charge < -0.3 is 10.1 Å². The quantitative estimate of drug-likeness (QED) is 0.768. The molecule has 1 aromatic carbocycles. The summed E-state index contributed by atoms with van der Waals surface area (Å²) in [5.74, 6) is -0.985. The van der Waals surface area contributed by atoms with E-state index >= 15 is 0 Å². The largest absolute Gasteiger partial charge is 0.450 e. The molecule has 0 radical (unpaired) electrons. The minimum atomic E-state index is -3.33. The average molecular weight is 413 g/mol. The van der Waals surface area contributed by atoms with E-state index in [0.29, 0.717) is 10.7 Å². The number of esters is 1. The average Bonchev–Trinajstić information content (AvgIpc) is 2.81. The van der Waals surface area contributed by atoms with Crippen LogP contribution in [-0.2, 0) is 24.3 Å². The van der Waals surface area contributed by atoms with E-state index in [1.54, 1.807) is 25.1 Å². The van der Waals surface area contributed by atoms with Gasteiger partial charge in [-0.25, -0.2) is 17.5 Å². The molecular weight excluding hydrogens is 392 g/mol. The van der Waals surface area contributed by atoms with Crippen molar-refractivity contribution in [2.75, 3.05) is 24.7 Å². The molecule has 0 unspecified atom stereocenters. The second-order valence-corrected chi connectivity index (χ2v) is 9.35. The smallest absolute Gasteiger partial charge is 0.335 e. The van der Waals surface area contributed by atoms with Gasteiger partial charge in [0.25, 0.3) is 5.91 Å². The molecule has 0 saturated carbocycles. The molecule has 0 aliphatic carbocycles. The second-order valence-electron chi connectivity index (χ2n) is 6.96. The summed E-state index contributed by atoms with van der Waals surface area (Å²) in [7, 11) is -3.33. The van der Waals surface area contributed by atoms with E-state index in [0.717, 1.165) is 11.8 Å². The fraction of sp³-hybridized carbons (Fsp3) is 0.444. The van der Waals surface area contributed by atoms with Crippen LogP contribution in [0.2, 0.25) is 5.02 Å². The number of sulfonamides is 1. The third-order valence-electron chi connectivity index (χ3n) is 5.08. The number of ether oxygens (including phenoxy) is 1. The lowest BCUT2D eigenvalue weighted by molar-refractivity contribution is -0.149. The van der Waals surface area contributed by atoms with E-state index in [4.69, 9.17) is 16.3 Å². The van der Waals surface area contributed by atoms with Crippen LogP contribution < -0.4 is 5.32 Å². The van der Waals surface area contributed by atoms with Crippen molar-refractivity contribution in [3.63, 3.8) is 0 Å². The van der Waals surface area contributed by atoms with Gasteiger partial charge in [-0.2, -0.15) is 0 Å². The van der Waals surface area contributed by atoms with Crippen molar-refractivity contribution in [1.82, 2.24) is 4.31 Å². The van der Waals surface area contributed by atoms with E-state index in [1.165, 1.54) is 4.31 Å². The van der Waals surface area contributed by atoms with Crippen LogP contribution in [-0.4, -0.2) is 49.5 Å². The molecule has 2 aliphatic rings. The van der Waals surface area contributed by atoms with Crippen molar-refractivity contribution >= 4 is 39.2 Å². The maximum Gasteiger partial charge on any atom is 0.335 e. The summed E-state index contributed by atoms with van der Waals surface area (Å²) in [4.78, 5) is 25.1. The molecule has 1 N–H and O–H groups in total. The molecule has 1 spiro atoms. The first-order valence-electron chi connectivity index (χ1n) is 8.51. The van der Waals surface area contributed by atoms with Crippen molar-refractivity contribution in [2.45, 2.75) is 32.3 Å². The van der Waals surface area contributed by atoms with Gasteiger partial charge in [0.15, 0.2) is 0 Å². The van der Waals surface area contributed by atoms with Gasteiger partial charge in [0, 0.05) is 42.2 Å². The van der Waals surface area contributed by atoms with Crippen LogP contribution >= 0.6 is 11.6 Å². The van der Waals surface area contributed by atoms with Crippen molar-refractivity contribution in [1.29, 1.82) is 0 Å². The van der Waals surface area contributed by atoms with Crippen LogP contribution in [0.1, 0.15) is 25.3 Å². The Bertz CT molecular complexity index is 946. The first-order valence-corrected chi connectivity index (χ1v) is 10.7. The highest BCUT2D eigenvalue weighted by Gasteiger charge is 2.51.